The summed E-state index contributed by atoms with van der Waals surface area (Å²) in [6.45, 7) is 2.92. The molecule has 33 heavy (non-hydrogen) atoms. The van der Waals surface area contributed by atoms with Gasteiger partial charge in [-0.25, -0.2) is 9.97 Å². The third kappa shape index (κ3) is 3.73. The summed E-state index contributed by atoms with van der Waals surface area (Å²) in [5, 5.41) is 4.12. The number of carbonyl (C=O) groups is 2. The quantitative estimate of drug-likeness (QED) is 0.598. The van der Waals surface area contributed by atoms with Crippen LogP contribution in [0, 0.1) is 6.92 Å². The van der Waals surface area contributed by atoms with Crippen molar-refractivity contribution < 1.29 is 14.3 Å². The Bertz CT molecular complexity index is 1240. The zero-order chi connectivity index (χ0) is 23.1. The van der Waals surface area contributed by atoms with Crippen molar-refractivity contribution in [2.45, 2.75) is 38.8 Å². The van der Waals surface area contributed by atoms with Crippen LogP contribution in [0.3, 0.4) is 0 Å². The summed E-state index contributed by atoms with van der Waals surface area (Å²) in [5.74, 6) is 1.86. The van der Waals surface area contributed by atoms with Crippen LogP contribution in [-0.2, 0) is 24.8 Å². The van der Waals surface area contributed by atoms with Crippen molar-refractivity contribution in [3.63, 3.8) is 0 Å². The topological polar surface area (TPSA) is 93.5 Å². The third-order valence-corrected chi connectivity index (χ3v) is 6.38. The first kappa shape index (κ1) is 21.1. The Morgan fingerprint density at radius 2 is 2.06 bits per heavy atom. The van der Waals surface area contributed by atoms with Crippen LogP contribution in [0.2, 0.25) is 0 Å². The van der Waals surface area contributed by atoms with Gasteiger partial charge in [0.15, 0.2) is 5.82 Å². The first-order valence-corrected chi connectivity index (χ1v) is 11.1. The smallest absolute Gasteiger partial charge is 0.257 e. The lowest BCUT2D eigenvalue weighted by atomic mass is 10.1. The molecule has 1 fully saturated rings. The largest absolute Gasteiger partial charge is 0.496 e. The van der Waals surface area contributed by atoms with E-state index in [0.29, 0.717) is 30.3 Å². The molecule has 0 aliphatic carbocycles. The van der Waals surface area contributed by atoms with E-state index in [-0.39, 0.29) is 24.3 Å². The second-order valence-corrected chi connectivity index (χ2v) is 8.50. The minimum atomic E-state index is -0.231. The summed E-state index contributed by atoms with van der Waals surface area (Å²) in [4.78, 5) is 39.2. The summed E-state index contributed by atoms with van der Waals surface area (Å²) in [7, 11) is 3.41. The number of aryl methyl sites for hydroxylation is 2. The van der Waals surface area contributed by atoms with E-state index < -0.39 is 0 Å². The van der Waals surface area contributed by atoms with Gasteiger partial charge in [0.25, 0.3) is 5.91 Å². The second-order valence-electron chi connectivity index (χ2n) is 8.50. The van der Waals surface area contributed by atoms with Crippen LogP contribution in [0.15, 0.2) is 36.7 Å². The molecule has 0 radical (unpaired) electrons. The minimum Gasteiger partial charge on any atom is -0.496 e. The molecule has 0 bridgehead atoms. The van der Waals surface area contributed by atoms with Crippen LogP contribution in [0.1, 0.15) is 51.9 Å². The highest BCUT2D eigenvalue weighted by Crippen LogP contribution is 2.36. The predicted octanol–water partition coefficient (Wildman–Crippen LogP) is 2.59. The van der Waals surface area contributed by atoms with E-state index in [1.54, 1.807) is 36.1 Å². The lowest BCUT2D eigenvalue weighted by molar-refractivity contribution is -0.117. The van der Waals surface area contributed by atoms with Gasteiger partial charge >= 0.3 is 0 Å². The molecule has 1 atom stereocenters. The molecule has 0 spiro atoms. The first-order valence-electron chi connectivity index (χ1n) is 11.1. The van der Waals surface area contributed by atoms with E-state index in [2.05, 4.69) is 5.10 Å². The molecule has 2 amide bonds. The number of ether oxygens (including phenoxy) is 1. The van der Waals surface area contributed by atoms with Crippen LogP contribution >= 0.6 is 0 Å². The Morgan fingerprint density at radius 1 is 1.24 bits per heavy atom. The maximum absolute atomic E-state index is 13.1. The number of hydrogen-bond donors (Lipinski definition) is 0. The number of fused-ring (bicyclic) bond motifs is 1. The van der Waals surface area contributed by atoms with E-state index in [1.165, 1.54) is 0 Å². The molecule has 2 aliphatic heterocycles. The van der Waals surface area contributed by atoms with E-state index >= 15 is 0 Å². The van der Waals surface area contributed by atoms with Crippen LogP contribution in [0.25, 0.3) is 0 Å². The molecule has 3 aromatic rings. The van der Waals surface area contributed by atoms with E-state index in [0.717, 1.165) is 35.4 Å². The molecular weight excluding hydrogens is 420 g/mol. The fraction of sp³-hybridized carbons (Fsp3) is 0.375. The minimum absolute atomic E-state index is 0.0137. The Hall–Kier alpha value is -3.75. The summed E-state index contributed by atoms with van der Waals surface area (Å²) in [5.41, 5.74) is 3.09. The zero-order valence-corrected chi connectivity index (χ0v) is 19.0. The number of hydrogen-bond acceptors (Lipinski definition) is 6. The maximum Gasteiger partial charge on any atom is 0.257 e. The SMILES string of the molecule is COc1ccccc1CN1C(=O)Cc2c(C)nc([C@@H]3CCCN3C(=O)c3cnn(C)c3)nc21. The Balaban J connectivity index is 1.48. The van der Waals surface area contributed by atoms with Crippen LogP contribution in [0.4, 0.5) is 5.82 Å². The van der Waals surface area contributed by atoms with Gasteiger partial charge in [-0.2, -0.15) is 5.10 Å². The normalized spacial score (nSPS) is 17.5. The van der Waals surface area contributed by atoms with Gasteiger partial charge in [-0.3, -0.25) is 19.2 Å². The monoisotopic (exact) mass is 446 g/mol. The van der Waals surface area contributed by atoms with Crippen molar-refractivity contribution in [1.82, 2.24) is 24.6 Å². The van der Waals surface area contributed by atoms with E-state index in [1.807, 2.05) is 36.1 Å². The second kappa shape index (κ2) is 8.31. The van der Waals surface area contributed by atoms with Crippen molar-refractivity contribution in [1.29, 1.82) is 0 Å². The molecule has 9 nitrogen and oxygen atoms in total. The lowest BCUT2D eigenvalue weighted by Crippen LogP contribution is -2.32. The molecule has 170 valence electrons. The molecule has 1 aromatic carbocycles. The van der Waals surface area contributed by atoms with Crippen molar-refractivity contribution in [2.24, 2.45) is 7.05 Å². The van der Waals surface area contributed by atoms with E-state index in [4.69, 9.17) is 14.7 Å². The van der Waals surface area contributed by atoms with Crippen LogP contribution in [-0.4, -0.2) is 50.1 Å². The Morgan fingerprint density at radius 3 is 2.82 bits per heavy atom. The maximum atomic E-state index is 13.1. The van der Waals surface area contributed by atoms with Gasteiger partial charge in [-0.15, -0.1) is 0 Å². The Labute approximate surface area is 192 Å². The van der Waals surface area contributed by atoms with E-state index in [9.17, 15) is 9.59 Å². The van der Waals surface area contributed by atoms with Gasteiger partial charge in [0, 0.05) is 36.6 Å². The summed E-state index contributed by atoms with van der Waals surface area (Å²) in [6, 6.07) is 7.43. The molecule has 0 saturated carbocycles. The standard InChI is InChI=1S/C24H26N6O3/c1-15-18-11-21(31)30(14-16-7-4-5-9-20(16)33-3)23(18)27-22(26-15)19-8-6-10-29(19)24(32)17-12-25-28(2)13-17/h4-5,7,9,12-13,19H,6,8,10-11,14H2,1-3H3/t19-/m0/s1. The third-order valence-electron chi connectivity index (χ3n) is 6.38. The molecule has 5 rings (SSSR count). The average Bonchev–Trinajstić information content (AvgIpc) is 3.54. The number of anilines is 1. The molecule has 4 heterocycles. The van der Waals surface area contributed by atoms with Gasteiger partial charge in [0.2, 0.25) is 5.91 Å². The number of nitrogens with zero attached hydrogens (tertiary/aromatic N) is 6. The van der Waals surface area contributed by atoms with Gasteiger partial charge < -0.3 is 9.64 Å². The highest BCUT2D eigenvalue weighted by atomic mass is 16.5. The fourth-order valence-corrected chi connectivity index (χ4v) is 4.69. The summed E-state index contributed by atoms with van der Waals surface area (Å²) < 4.78 is 7.09. The predicted molar refractivity (Wildman–Crippen MR) is 121 cm³/mol. The zero-order valence-electron chi connectivity index (χ0n) is 19.0. The van der Waals surface area contributed by atoms with Crippen molar-refractivity contribution in [2.75, 3.05) is 18.6 Å². The lowest BCUT2D eigenvalue weighted by Gasteiger charge is -2.25. The molecule has 2 aliphatic rings. The number of amides is 2. The molecular formula is C24H26N6O3. The Kier molecular flexibility index (Phi) is 5.32. The number of benzene rings is 1. The van der Waals surface area contributed by atoms with Gasteiger partial charge in [0.05, 0.1) is 37.9 Å². The average molecular weight is 447 g/mol. The highest BCUT2D eigenvalue weighted by Gasteiger charge is 2.37. The van der Waals surface area contributed by atoms with Crippen LogP contribution in [0.5, 0.6) is 5.75 Å². The number of aromatic nitrogens is 4. The van der Waals surface area contributed by atoms with Crippen molar-refractivity contribution >= 4 is 17.6 Å². The number of rotatable bonds is 5. The molecule has 1 saturated heterocycles. The summed E-state index contributed by atoms with van der Waals surface area (Å²) >= 11 is 0. The molecule has 2 aromatic heterocycles. The molecule has 0 unspecified atom stereocenters. The molecule has 9 heteroatoms. The van der Waals surface area contributed by atoms with Crippen molar-refractivity contribution in [3.8, 4) is 5.75 Å². The first-order chi connectivity index (χ1) is 16.0. The number of carbonyl (C=O) groups excluding carboxylic acids is 2. The fourth-order valence-electron chi connectivity index (χ4n) is 4.69. The van der Waals surface area contributed by atoms with Crippen LogP contribution < -0.4 is 9.64 Å². The highest BCUT2D eigenvalue weighted by molar-refractivity contribution is 6.00. The van der Waals surface area contributed by atoms with Gasteiger partial charge in [-0.1, -0.05) is 18.2 Å². The molecule has 0 N–H and O–H groups in total. The summed E-state index contributed by atoms with van der Waals surface area (Å²) in [6.07, 6.45) is 5.24. The number of methoxy groups -OCH3 is 1. The van der Waals surface area contributed by atoms with Gasteiger partial charge in [-0.05, 0) is 25.8 Å². The number of para-hydroxylation sites is 1. The number of likely N-dealkylation sites (tertiary alicyclic amines) is 1. The van der Waals surface area contributed by atoms with Crippen molar-refractivity contribution in [3.05, 3.63) is 64.9 Å². The van der Waals surface area contributed by atoms with Gasteiger partial charge in [0.1, 0.15) is 11.6 Å².